The van der Waals surface area contributed by atoms with Gasteiger partial charge in [0.25, 0.3) is 5.91 Å². The van der Waals surface area contributed by atoms with Gasteiger partial charge in [0.05, 0.1) is 4.90 Å². The quantitative estimate of drug-likeness (QED) is 0.795. The lowest BCUT2D eigenvalue weighted by atomic mass is 10.1. The van der Waals surface area contributed by atoms with Crippen LogP contribution in [0.4, 0.5) is 0 Å². The van der Waals surface area contributed by atoms with Gasteiger partial charge in [-0.15, -0.1) is 0 Å². The van der Waals surface area contributed by atoms with Gasteiger partial charge in [-0.2, -0.15) is 0 Å². The fraction of sp³-hybridized carbons (Fsp3) is 0.235. The van der Waals surface area contributed by atoms with Crippen molar-refractivity contribution >= 4 is 15.9 Å². The van der Waals surface area contributed by atoms with Crippen molar-refractivity contribution < 1.29 is 13.2 Å². The third-order valence-electron chi connectivity index (χ3n) is 3.53. The molecule has 2 N–H and O–H groups in total. The van der Waals surface area contributed by atoms with E-state index < -0.39 is 10.0 Å². The molecule has 0 unspecified atom stereocenters. The van der Waals surface area contributed by atoms with Crippen LogP contribution < -0.4 is 10.0 Å². The Hall–Kier alpha value is -2.18. The van der Waals surface area contributed by atoms with E-state index in [9.17, 15) is 13.2 Å². The zero-order valence-corrected chi connectivity index (χ0v) is 14.0. The third kappa shape index (κ3) is 4.64. The molecule has 0 spiro atoms. The number of carbonyl (C=O) groups is 1. The molecule has 0 aliphatic carbocycles. The Labute approximate surface area is 136 Å². The molecule has 122 valence electrons. The van der Waals surface area contributed by atoms with E-state index >= 15 is 0 Å². The summed E-state index contributed by atoms with van der Waals surface area (Å²) in [6.45, 7) is 4.28. The highest BCUT2D eigenvalue weighted by Crippen LogP contribution is 2.09. The highest BCUT2D eigenvalue weighted by Gasteiger charge is 2.12. The minimum Gasteiger partial charge on any atom is -0.351 e. The van der Waals surface area contributed by atoms with Gasteiger partial charge in [0, 0.05) is 18.7 Å². The van der Waals surface area contributed by atoms with E-state index in [1.54, 1.807) is 24.3 Å². The molecule has 0 fully saturated rings. The average molecular weight is 332 g/mol. The molecule has 2 rings (SSSR count). The summed E-state index contributed by atoms with van der Waals surface area (Å²) < 4.78 is 26.5. The molecule has 0 aliphatic rings. The number of hydrogen-bond donors (Lipinski definition) is 2. The summed E-state index contributed by atoms with van der Waals surface area (Å²) in [5, 5.41) is 2.70. The van der Waals surface area contributed by atoms with Gasteiger partial charge in [0.15, 0.2) is 0 Å². The number of hydrogen-bond acceptors (Lipinski definition) is 3. The fourth-order valence-corrected chi connectivity index (χ4v) is 3.08. The van der Waals surface area contributed by atoms with Crippen LogP contribution in [0.5, 0.6) is 0 Å². The Bertz CT molecular complexity index is 787. The van der Waals surface area contributed by atoms with Crippen LogP contribution in [0, 0.1) is 13.8 Å². The zero-order valence-electron chi connectivity index (χ0n) is 13.2. The van der Waals surface area contributed by atoms with Gasteiger partial charge in [0.1, 0.15) is 0 Å². The molecule has 2 aromatic rings. The van der Waals surface area contributed by atoms with Crippen molar-refractivity contribution in [1.82, 2.24) is 10.0 Å². The Morgan fingerprint density at radius 2 is 1.65 bits per heavy atom. The van der Waals surface area contributed by atoms with E-state index in [1.165, 1.54) is 12.1 Å². The molecule has 0 aromatic heterocycles. The Kier molecular flexibility index (Phi) is 5.52. The minimum absolute atomic E-state index is 0.133. The maximum Gasteiger partial charge on any atom is 0.251 e. The first-order chi connectivity index (χ1) is 10.9. The SMILES string of the molecule is Cc1ccc(C(=O)NCCNS(=O)(=O)c2ccccc2)cc1C. The van der Waals surface area contributed by atoms with Crippen molar-refractivity contribution in [2.75, 3.05) is 13.1 Å². The number of benzene rings is 2. The maximum atomic E-state index is 12.0. The molecule has 0 saturated heterocycles. The Morgan fingerprint density at radius 3 is 2.30 bits per heavy atom. The summed E-state index contributed by atoms with van der Waals surface area (Å²) in [5.41, 5.74) is 2.73. The van der Waals surface area contributed by atoms with Crippen LogP contribution in [0.1, 0.15) is 21.5 Å². The first kappa shape index (κ1) is 17.2. The predicted octanol–water partition coefficient (Wildman–Crippen LogP) is 2.01. The second-order valence-electron chi connectivity index (χ2n) is 5.27. The molecule has 1 amide bonds. The number of aryl methyl sites for hydroxylation is 2. The van der Waals surface area contributed by atoms with Crippen LogP contribution in [0.15, 0.2) is 53.4 Å². The van der Waals surface area contributed by atoms with E-state index in [-0.39, 0.29) is 23.9 Å². The molecular formula is C17H20N2O3S. The summed E-state index contributed by atoms with van der Waals surface area (Å²) in [7, 11) is -3.54. The first-order valence-corrected chi connectivity index (χ1v) is 8.78. The highest BCUT2D eigenvalue weighted by molar-refractivity contribution is 7.89. The maximum absolute atomic E-state index is 12.0. The molecule has 6 heteroatoms. The molecule has 0 bridgehead atoms. The first-order valence-electron chi connectivity index (χ1n) is 7.30. The van der Waals surface area contributed by atoms with Crippen LogP contribution in [0.25, 0.3) is 0 Å². The minimum atomic E-state index is -3.54. The van der Waals surface area contributed by atoms with Crippen molar-refractivity contribution in [3.63, 3.8) is 0 Å². The molecule has 0 heterocycles. The van der Waals surface area contributed by atoms with E-state index in [0.717, 1.165) is 11.1 Å². The Balaban J connectivity index is 1.85. The largest absolute Gasteiger partial charge is 0.351 e. The summed E-state index contributed by atoms with van der Waals surface area (Å²) >= 11 is 0. The second kappa shape index (κ2) is 7.39. The monoisotopic (exact) mass is 332 g/mol. The summed E-state index contributed by atoms with van der Waals surface area (Å²) in [5.74, 6) is -0.216. The van der Waals surface area contributed by atoms with Gasteiger partial charge in [-0.25, -0.2) is 13.1 Å². The molecule has 2 aromatic carbocycles. The lowest BCUT2D eigenvalue weighted by Crippen LogP contribution is -2.34. The number of rotatable bonds is 6. The van der Waals surface area contributed by atoms with Crippen molar-refractivity contribution in [3.05, 3.63) is 65.2 Å². The number of nitrogens with one attached hydrogen (secondary N) is 2. The molecule has 0 atom stereocenters. The van der Waals surface area contributed by atoms with Gasteiger partial charge in [-0.1, -0.05) is 24.3 Å². The van der Waals surface area contributed by atoms with Crippen molar-refractivity contribution in [2.24, 2.45) is 0 Å². The van der Waals surface area contributed by atoms with E-state index in [4.69, 9.17) is 0 Å². The van der Waals surface area contributed by atoms with E-state index in [1.807, 2.05) is 26.0 Å². The van der Waals surface area contributed by atoms with Crippen molar-refractivity contribution in [2.45, 2.75) is 18.7 Å². The Morgan fingerprint density at radius 1 is 0.957 bits per heavy atom. The summed E-state index contributed by atoms with van der Waals surface area (Å²) in [6, 6.07) is 13.6. The number of amides is 1. The fourth-order valence-electron chi connectivity index (χ4n) is 2.03. The number of carbonyl (C=O) groups excluding carboxylic acids is 1. The third-order valence-corrected chi connectivity index (χ3v) is 5.00. The smallest absolute Gasteiger partial charge is 0.251 e. The van der Waals surface area contributed by atoms with Gasteiger partial charge < -0.3 is 5.32 Å². The van der Waals surface area contributed by atoms with Crippen LogP contribution in [0.2, 0.25) is 0 Å². The lowest BCUT2D eigenvalue weighted by Gasteiger charge is -2.09. The standard InChI is InChI=1S/C17H20N2O3S/c1-13-8-9-15(12-14(13)2)17(20)18-10-11-19-23(21,22)16-6-4-3-5-7-16/h3-9,12,19H,10-11H2,1-2H3,(H,18,20). The van der Waals surface area contributed by atoms with Gasteiger partial charge in [0.2, 0.25) is 10.0 Å². The highest BCUT2D eigenvalue weighted by atomic mass is 32.2. The second-order valence-corrected chi connectivity index (χ2v) is 7.03. The van der Waals surface area contributed by atoms with Crippen LogP contribution in [-0.2, 0) is 10.0 Å². The van der Waals surface area contributed by atoms with E-state index in [2.05, 4.69) is 10.0 Å². The average Bonchev–Trinajstić information content (AvgIpc) is 2.55. The normalized spacial score (nSPS) is 11.2. The molecule has 0 radical (unpaired) electrons. The van der Waals surface area contributed by atoms with Gasteiger partial charge in [-0.3, -0.25) is 4.79 Å². The molecule has 5 nitrogen and oxygen atoms in total. The molecule has 23 heavy (non-hydrogen) atoms. The van der Waals surface area contributed by atoms with Gasteiger partial charge in [-0.05, 0) is 49.2 Å². The van der Waals surface area contributed by atoms with Crippen molar-refractivity contribution in [3.8, 4) is 0 Å². The molecule has 0 aliphatic heterocycles. The van der Waals surface area contributed by atoms with Crippen molar-refractivity contribution in [1.29, 1.82) is 0 Å². The number of sulfonamides is 1. The van der Waals surface area contributed by atoms with Crippen LogP contribution in [0.3, 0.4) is 0 Å². The van der Waals surface area contributed by atoms with Crippen LogP contribution >= 0.6 is 0 Å². The predicted molar refractivity (Wildman–Crippen MR) is 89.9 cm³/mol. The van der Waals surface area contributed by atoms with Crippen LogP contribution in [-0.4, -0.2) is 27.4 Å². The van der Waals surface area contributed by atoms with E-state index in [0.29, 0.717) is 5.56 Å². The van der Waals surface area contributed by atoms with Gasteiger partial charge >= 0.3 is 0 Å². The summed E-state index contributed by atoms with van der Waals surface area (Å²) in [6.07, 6.45) is 0. The topological polar surface area (TPSA) is 75.3 Å². The summed E-state index contributed by atoms with van der Waals surface area (Å²) in [4.78, 5) is 12.2. The zero-order chi connectivity index (χ0) is 16.9. The molecular weight excluding hydrogens is 312 g/mol. The lowest BCUT2D eigenvalue weighted by molar-refractivity contribution is 0.0954. The molecule has 0 saturated carbocycles.